The number of benzene rings is 1. The van der Waals surface area contributed by atoms with Crippen molar-refractivity contribution in [2.24, 2.45) is 0 Å². The lowest BCUT2D eigenvalue weighted by Crippen LogP contribution is -2.34. The van der Waals surface area contributed by atoms with Crippen LogP contribution in [0.5, 0.6) is 11.5 Å². The minimum Gasteiger partial charge on any atom is -0.493 e. The van der Waals surface area contributed by atoms with E-state index in [2.05, 4.69) is 27.9 Å². The smallest absolute Gasteiger partial charge is 0.251 e. The van der Waals surface area contributed by atoms with E-state index in [1.807, 2.05) is 18.2 Å². The molecule has 1 aliphatic rings. The Kier molecular flexibility index (Phi) is 6.32. The highest BCUT2D eigenvalue weighted by molar-refractivity contribution is 5.52. The van der Waals surface area contributed by atoms with Gasteiger partial charge in [-0.25, -0.2) is 4.98 Å². The number of likely N-dealkylation sites (tertiary alicyclic amines) is 1. The van der Waals surface area contributed by atoms with Gasteiger partial charge in [0.25, 0.3) is 5.56 Å². The number of piperidine rings is 1. The van der Waals surface area contributed by atoms with Gasteiger partial charge in [0.1, 0.15) is 5.82 Å². The summed E-state index contributed by atoms with van der Waals surface area (Å²) >= 11 is 0. The molecule has 7 nitrogen and oxygen atoms in total. The second-order valence-electron chi connectivity index (χ2n) is 7.97. The Morgan fingerprint density at radius 3 is 2.74 bits per heavy atom. The number of rotatable bonds is 6. The van der Waals surface area contributed by atoms with Crippen LogP contribution in [-0.2, 0) is 6.54 Å². The zero-order chi connectivity index (χ0) is 21.8. The summed E-state index contributed by atoms with van der Waals surface area (Å²) in [6.45, 7) is 4.79. The summed E-state index contributed by atoms with van der Waals surface area (Å²) in [6, 6.07) is 9.46. The first-order valence-electron chi connectivity index (χ1n) is 10.5. The van der Waals surface area contributed by atoms with Crippen molar-refractivity contribution < 1.29 is 9.47 Å². The predicted octanol–water partition coefficient (Wildman–Crippen LogP) is 3.54. The number of methoxy groups -OCH3 is 2. The number of hydrogen-bond donors (Lipinski definition) is 1. The number of nitrogens with zero attached hydrogens (tertiary/aromatic N) is 3. The molecule has 4 rings (SSSR count). The van der Waals surface area contributed by atoms with Gasteiger partial charge in [-0.1, -0.05) is 0 Å². The van der Waals surface area contributed by atoms with Crippen LogP contribution in [0.2, 0.25) is 0 Å². The number of ether oxygens (including phenoxy) is 2. The van der Waals surface area contributed by atoms with Crippen molar-refractivity contribution in [3.63, 3.8) is 0 Å². The monoisotopic (exact) mass is 420 g/mol. The van der Waals surface area contributed by atoms with Crippen molar-refractivity contribution in [3.8, 4) is 22.9 Å². The largest absolute Gasteiger partial charge is 0.493 e. The van der Waals surface area contributed by atoms with E-state index in [0.29, 0.717) is 5.82 Å². The van der Waals surface area contributed by atoms with Crippen LogP contribution in [0.15, 0.2) is 47.5 Å². The molecule has 3 heterocycles. The molecule has 7 heteroatoms. The van der Waals surface area contributed by atoms with E-state index >= 15 is 0 Å². The number of H-pyrrole nitrogens is 1. The molecule has 0 aliphatic carbocycles. The number of nitrogens with one attached hydrogen (secondary N) is 1. The Balaban J connectivity index is 1.55. The molecule has 1 atom stereocenters. The van der Waals surface area contributed by atoms with Crippen molar-refractivity contribution >= 4 is 0 Å². The second-order valence-corrected chi connectivity index (χ2v) is 7.97. The Labute approximate surface area is 182 Å². The highest BCUT2D eigenvalue weighted by Gasteiger charge is 2.24. The third-order valence-corrected chi connectivity index (χ3v) is 5.86. The minimum absolute atomic E-state index is 0.128. The first-order chi connectivity index (χ1) is 15.1. The summed E-state index contributed by atoms with van der Waals surface area (Å²) in [5.74, 6) is 2.28. The number of pyridine rings is 1. The molecule has 2 aromatic heterocycles. The van der Waals surface area contributed by atoms with Gasteiger partial charge in [0.05, 0.1) is 19.9 Å². The number of hydrogen-bond acceptors (Lipinski definition) is 6. The van der Waals surface area contributed by atoms with Gasteiger partial charge in [-0.15, -0.1) is 0 Å². The standard InChI is InChI=1S/C24H28N4O3/c1-16-10-21(30-2)22(31-3)11-19(16)15-28-9-5-7-18(14-28)20-12-23(29)27-24(26-20)17-6-4-8-25-13-17/h4,6,8,10-13,18H,5,7,9,14-15H2,1-3H3,(H,26,27,29). The molecule has 1 aromatic carbocycles. The van der Waals surface area contributed by atoms with E-state index in [1.165, 1.54) is 11.1 Å². The maximum absolute atomic E-state index is 12.3. The van der Waals surface area contributed by atoms with Crippen LogP contribution in [0.3, 0.4) is 0 Å². The lowest BCUT2D eigenvalue weighted by Gasteiger charge is -2.33. The molecule has 3 aromatic rings. The average molecular weight is 421 g/mol. The third kappa shape index (κ3) is 4.77. The van der Waals surface area contributed by atoms with Crippen molar-refractivity contribution in [2.75, 3.05) is 27.3 Å². The zero-order valence-electron chi connectivity index (χ0n) is 18.2. The van der Waals surface area contributed by atoms with Crippen molar-refractivity contribution in [2.45, 2.75) is 32.2 Å². The van der Waals surface area contributed by atoms with Gasteiger partial charge < -0.3 is 14.5 Å². The molecule has 0 amide bonds. The summed E-state index contributed by atoms with van der Waals surface area (Å²) in [5, 5.41) is 0. The predicted molar refractivity (Wildman–Crippen MR) is 120 cm³/mol. The third-order valence-electron chi connectivity index (χ3n) is 5.86. The first kappa shape index (κ1) is 21.1. The van der Waals surface area contributed by atoms with Crippen LogP contribution in [0.4, 0.5) is 0 Å². The average Bonchev–Trinajstić information content (AvgIpc) is 2.80. The van der Waals surface area contributed by atoms with E-state index in [1.54, 1.807) is 32.7 Å². The van der Waals surface area contributed by atoms with Crippen LogP contribution in [0.1, 0.15) is 35.6 Å². The summed E-state index contributed by atoms with van der Waals surface area (Å²) in [6.07, 6.45) is 5.51. The molecule has 1 saturated heterocycles. The molecular weight excluding hydrogens is 392 g/mol. The molecule has 1 unspecified atom stereocenters. The van der Waals surface area contributed by atoms with E-state index in [9.17, 15) is 4.79 Å². The van der Waals surface area contributed by atoms with Crippen LogP contribution in [-0.4, -0.2) is 47.2 Å². The Morgan fingerprint density at radius 2 is 2.00 bits per heavy atom. The van der Waals surface area contributed by atoms with Gasteiger partial charge in [0, 0.05) is 43.0 Å². The van der Waals surface area contributed by atoms with Gasteiger partial charge in [-0.05, 0) is 61.7 Å². The molecule has 0 spiro atoms. The van der Waals surface area contributed by atoms with E-state index in [4.69, 9.17) is 14.5 Å². The van der Waals surface area contributed by atoms with Gasteiger partial charge in [-0.2, -0.15) is 0 Å². The van der Waals surface area contributed by atoms with Crippen molar-refractivity contribution in [1.82, 2.24) is 19.9 Å². The summed E-state index contributed by atoms with van der Waals surface area (Å²) < 4.78 is 10.9. The molecule has 0 radical (unpaired) electrons. The fourth-order valence-corrected chi connectivity index (χ4v) is 4.20. The summed E-state index contributed by atoms with van der Waals surface area (Å²) in [4.78, 5) is 26.5. The summed E-state index contributed by atoms with van der Waals surface area (Å²) in [5.41, 5.74) is 3.92. The van der Waals surface area contributed by atoms with Gasteiger partial charge in [0.2, 0.25) is 0 Å². The van der Waals surface area contributed by atoms with Crippen LogP contribution in [0, 0.1) is 6.92 Å². The second kappa shape index (κ2) is 9.31. The number of aryl methyl sites for hydroxylation is 1. The Hall–Kier alpha value is -3.19. The van der Waals surface area contributed by atoms with E-state index < -0.39 is 0 Å². The van der Waals surface area contributed by atoms with Crippen LogP contribution < -0.4 is 15.0 Å². The van der Waals surface area contributed by atoms with Gasteiger partial charge in [-0.3, -0.25) is 14.7 Å². The maximum Gasteiger partial charge on any atom is 0.251 e. The molecule has 1 aliphatic heterocycles. The first-order valence-corrected chi connectivity index (χ1v) is 10.5. The molecule has 1 N–H and O–H groups in total. The molecule has 0 saturated carbocycles. The van der Waals surface area contributed by atoms with Crippen LogP contribution >= 0.6 is 0 Å². The van der Waals surface area contributed by atoms with Crippen molar-refractivity contribution in [3.05, 3.63) is 69.9 Å². The fourth-order valence-electron chi connectivity index (χ4n) is 4.20. The summed E-state index contributed by atoms with van der Waals surface area (Å²) in [7, 11) is 3.31. The van der Waals surface area contributed by atoms with E-state index in [-0.39, 0.29) is 11.5 Å². The molecule has 31 heavy (non-hydrogen) atoms. The minimum atomic E-state index is -0.128. The normalized spacial score (nSPS) is 16.8. The lowest BCUT2D eigenvalue weighted by molar-refractivity contribution is 0.198. The Morgan fingerprint density at radius 1 is 1.19 bits per heavy atom. The van der Waals surface area contributed by atoms with Crippen molar-refractivity contribution in [1.29, 1.82) is 0 Å². The highest BCUT2D eigenvalue weighted by Crippen LogP contribution is 2.32. The molecular formula is C24H28N4O3. The lowest BCUT2D eigenvalue weighted by atomic mass is 9.93. The SMILES string of the molecule is COc1cc(C)c(CN2CCCC(c3cc(=O)[nH]c(-c4cccnc4)n3)C2)cc1OC. The quantitative estimate of drug-likeness (QED) is 0.657. The number of aromatic nitrogens is 3. The van der Waals surface area contributed by atoms with Crippen LogP contribution in [0.25, 0.3) is 11.4 Å². The zero-order valence-corrected chi connectivity index (χ0v) is 18.2. The van der Waals surface area contributed by atoms with Gasteiger partial charge >= 0.3 is 0 Å². The Bertz CT molecular complexity index is 1100. The fraction of sp³-hybridized carbons (Fsp3) is 0.375. The highest BCUT2D eigenvalue weighted by atomic mass is 16.5. The molecule has 0 bridgehead atoms. The topological polar surface area (TPSA) is 80.3 Å². The number of aromatic amines is 1. The molecule has 1 fully saturated rings. The molecule has 162 valence electrons. The van der Waals surface area contributed by atoms with Gasteiger partial charge in [0.15, 0.2) is 11.5 Å². The van der Waals surface area contributed by atoms with E-state index in [0.717, 1.165) is 55.2 Å². The maximum atomic E-state index is 12.3.